The van der Waals surface area contributed by atoms with Crippen LogP contribution in [0.4, 0.5) is 5.69 Å². The fourth-order valence-corrected chi connectivity index (χ4v) is 4.35. The normalized spacial score (nSPS) is 18.7. The van der Waals surface area contributed by atoms with Gasteiger partial charge in [0.1, 0.15) is 0 Å². The van der Waals surface area contributed by atoms with Crippen molar-refractivity contribution in [2.75, 3.05) is 11.9 Å². The lowest BCUT2D eigenvalue weighted by atomic mass is 10.1. The van der Waals surface area contributed by atoms with Gasteiger partial charge >= 0.3 is 0 Å². The standard InChI is InChI=1S/C19H12ClN3O3S2/c1-22-13-5-3-2-4-12(13)14(17(22)25)15-18(26)23(19(27)28-15)21-16(24)10-6-8-11(20)9-7-10/h2-9H,1H3,(H,21,24)/b15-14-. The Labute approximate surface area is 175 Å². The van der Waals surface area contributed by atoms with Crippen molar-refractivity contribution in [3.63, 3.8) is 0 Å². The molecule has 2 aromatic rings. The lowest BCUT2D eigenvalue weighted by Gasteiger charge is -2.15. The number of carbonyl (C=O) groups is 3. The Morgan fingerprint density at radius 2 is 1.75 bits per heavy atom. The summed E-state index contributed by atoms with van der Waals surface area (Å²) in [5.74, 6) is -1.33. The van der Waals surface area contributed by atoms with E-state index in [1.54, 1.807) is 43.4 Å². The van der Waals surface area contributed by atoms with Crippen LogP contribution in [0.3, 0.4) is 0 Å². The molecule has 28 heavy (non-hydrogen) atoms. The molecule has 4 rings (SSSR count). The number of fused-ring (bicyclic) bond motifs is 1. The predicted molar refractivity (Wildman–Crippen MR) is 113 cm³/mol. The number of thioether (sulfide) groups is 1. The van der Waals surface area contributed by atoms with Gasteiger partial charge in [-0.25, -0.2) is 0 Å². The van der Waals surface area contributed by atoms with Crippen LogP contribution in [0.15, 0.2) is 53.4 Å². The van der Waals surface area contributed by atoms with Gasteiger partial charge in [-0.2, -0.15) is 5.01 Å². The van der Waals surface area contributed by atoms with Crippen molar-refractivity contribution in [3.05, 3.63) is 69.6 Å². The molecular weight excluding hydrogens is 418 g/mol. The number of nitrogens with one attached hydrogen (secondary N) is 1. The molecule has 140 valence electrons. The predicted octanol–water partition coefficient (Wildman–Crippen LogP) is 3.23. The minimum absolute atomic E-state index is 0.148. The smallest absolute Gasteiger partial charge is 0.286 e. The Hall–Kier alpha value is -2.68. The zero-order chi connectivity index (χ0) is 20.0. The van der Waals surface area contributed by atoms with Gasteiger partial charge in [0.15, 0.2) is 4.32 Å². The zero-order valence-corrected chi connectivity index (χ0v) is 16.8. The van der Waals surface area contributed by atoms with Gasteiger partial charge in [-0.3, -0.25) is 19.8 Å². The van der Waals surface area contributed by atoms with Crippen molar-refractivity contribution >= 4 is 68.9 Å². The van der Waals surface area contributed by atoms with E-state index >= 15 is 0 Å². The number of rotatable bonds is 2. The summed E-state index contributed by atoms with van der Waals surface area (Å²) >= 11 is 12.1. The zero-order valence-electron chi connectivity index (χ0n) is 14.4. The van der Waals surface area contributed by atoms with Gasteiger partial charge in [0, 0.05) is 23.2 Å². The van der Waals surface area contributed by atoms with E-state index in [2.05, 4.69) is 5.43 Å². The number of thiocarbonyl (C=S) groups is 1. The van der Waals surface area contributed by atoms with Gasteiger partial charge in [-0.1, -0.05) is 41.6 Å². The van der Waals surface area contributed by atoms with Crippen molar-refractivity contribution in [3.8, 4) is 0 Å². The number of benzene rings is 2. The minimum Gasteiger partial charge on any atom is -0.311 e. The summed E-state index contributed by atoms with van der Waals surface area (Å²) in [5, 5.41) is 1.49. The van der Waals surface area contributed by atoms with Crippen molar-refractivity contribution in [1.82, 2.24) is 10.4 Å². The molecule has 0 bridgehead atoms. The first-order chi connectivity index (χ1) is 13.4. The first kappa shape index (κ1) is 18.7. The van der Waals surface area contributed by atoms with E-state index in [1.807, 2.05) is 12.1 Å². The van der Waals surface area contributed by atoms with Gasteiger partial charge in [0.2, 0.25) is 0 Å². The number of likely N-dealkylation sites (N-methyl/N-ethyl adjacent to an activating group) is 1. The molecule has 0 spiro atoms. The monoisotopic (exact) mass is 429 g/mol. The third kappa shape index (κ3) is 2.99. The summed E-state index contributed by atoms with van der Waals surface area (Å²) in [6, 6.07) is 13.4. The first-order valence-corrected chi connectivity index (χ1v) is 9.73. The van der Waals surface area contributed by atoms with Crippen molar-refractivity contribution in [1.29, 1.82) is 0 Å². The molecule has 0 aliphatic carbocycles. The van der Waals surface area contributed by atoms with E-state index in [9.17, 15) is 14.4 Å². The van der Waals surface area contributed by atoms with Gasteiger partial charge < -0.3 is 4.90 Å². The lowest BCUT2D eigenvalue weighted by molar-refractivity contribution is -0.124. The largest absolute Gasteiger partial charge is 0.311 e. The highest BCUT2D eigenvalue weighted by molar-refractivity contribution is 8.26. The van der Waals surface area contributed by atoms with E-state index in [-0.39, 0.29) is 15.1 Å². The number of amides is 3. The lowest BCUT2D eigenvalue weighted by Crippen LogP contribution is -2.45. The molecule has 0 radical (unpaired) electrons. The molecule has 2 aromatic carbocycles. The van der Waals surface area contributed by atoms with E-state index in [0.717, 1.165) is 22.5 Å². The van der Waals surface area contributed by atoms with Crippen LogP contribution >= 0.6 is 35.6 Å². The van der Waals surface area contributed by atoms with Crippen molar-refractivity contribution < 1.29 is 14.4 Å². The van der Waals surface area contributed by atoms with E-state index in [1.165, 1.54) is 4.90 Å². The van der Waals surface area contributed by atoms with Gasteiger partial charge in [-0.05, 0) is 42.5 Å². The quantitative estimate of drug-likeness (QED) is 0.586. The van der Waals surface area contributed by atoms with Crippen LogP contribution in [0, 0.1) is 0 Å². The molecule has 2 aliphatic heterocycles. The van der Waals surface area contributed by atoms with Gasteiger partial charge in [0.25, 0.3) is 17.7 Å². The summed E-state index contributed by atoms with van der Waals surface area (Å²) in [6.45, 7) is 0. The SMILES string of the molecule is CN1C(=O)/C(=C2\SC(=S)N(NC(=O)c3ccc(Cl)cc3)C2=O)c2ccccc21. The van der Waals surface area contributed by atoms with E-state index in [4.69, 9.17) is 23.8 Å². The molecule has 1 N–H and O–H groups in total. The summed E-state index contributed by atoms with van der Waals surface area (Å²) in [6.07, 6.45) is 0. The second-order valence-electron chi connectivity index (χ2n) is 6.04. The average Bonchev–Trinajstić information content (AvgIpc) is 3.10. The summed E-state index contributed by atoms with van der Waals surface area (Å²) in [5.41, 5.74) is 4.50. The molecular formula is C19H12ClN3O3S2. The van der Waals surface area contributed by atoms with Crippen LogP contribution in [-0.4, -0.2) is 34.1 Å². The molecule has 1 fully saturated rings. The Bertz CT molecular complexity index is 1080. The number of hydrogen-bond donors (Lipinski definition) is 1. The first-order valence-electron chi connectivity index (χ1n) is 8.13. The van der Waals surface area contributed by atoms with Gasteiger partial charge in [-0.15, -0.1) is 0 Å². The molecule has 0 atom stereocenters. The number of hydrazine groups is 1. The highest BCUT2D eigenvalue weighted by atomic mass is 35.5. The summed E-state index contributed by atoms with van der Waals surface area (Å²) in [7, 11) is 1.65. The molecule has 2 aliphatic rings. The highest BCUT2D eigenvalue weighted by Crippen LogP contribution is 2.43. The Morgan fingerprint density at radius 3 is 2.46 bits per heavy atom. The number of para-hydroxylation sites is 1. The maximum atomic E-state index is 12.9. The number of anilines is 1. The summed E-state index contributed by atoms with van der Waals surface area (Å²) in [4.78, 5) is 39.8. The number of nitrogens with zero attached hydrogens (tertiary/aromatic N) is 2. The van der Waals surface area contributed by atoms with Crippen LogP contribution in [0.1, 0.15) is 15.9 Å². The number of carbonyl (C=O) groups excluding carboxylic acids is 3. The fourth-order valence-electron chi connectivity index (χ4n) is 2.97. The Morgan fingerprint density at radius 1 is 1.07 bits per heavy atom. The average molecular weight is 430 g/mol. The second kappa shape index (κ2) is 7.05. The van der Waals surface area contributed by atoms with Crippen LogP contribution in [0.5, 0.6) is 0 Å². The fraction of sp³-hybridized carbons (Fsp3) is 0.0526. The van der Waals surface area contributed by atoms with Crippen molar-refractivity contribution in [2.24, 2.45) is 0 Å². The highest BCUT2D eigenvalue weighted by Gasteiger charge is 2.41. The number of hydrogen-bond acceptors (Lipinski definition) is 5. The van der Waals surface area contributed by atoms with Crippen LogP contribution in [-0.2, 0) is 9.59 Å². The van der Waals surface area contributed by atoms with Crippen LogP contribution in [0.25, 0.3) is 5.57 Å². The third-order valence-corrected chi connectivity index (χ3v) is 5.99. The number of halogens is 1. The molecule has 2 heterocycles. The molecule has 9 heteroatoms. The van der Waals surface area contributed by atoms with Crippen LogP contribution < -0.4 is 10.3 Å². The molecule has 0 unspecified atom stereocenters. The molecule has 3 amide bonds. The Balaban J connectivity index is 1.66. The molecule has 1 saturated heterocycles. The molecule has 0 aromatic heterocycles. The van der Waals surface area contributed by atoms with Crippen LogP contribution in [0.2, 0.25) is 5.02 Å². The second-order valence-corrected chi connectivity index (χ2v) is 8.12. The molecule has 6 nitrogen and oxygen atoms in total. The maximum absolute atomic E-state index is 12.9. The maximum Gasteiger partial charge on any atom is 0.286 e. The minimum atomic E-state index is -0.536. The van der Waals surface area contributed by atoms with E-state index in [0.29, 0.717) is 21.7 Å². The van der Waals surface area contributed by atoms with Crippen molar-refractivity contribution in [2.45, 2.75) is 0 Å². The Kier molecular flexibility index (Phi) is 4.70. The van der Waals surface area contributed by atoms with E-state index < -0.39 is 11.8 Å². The molecule has 0 saturated carbocycles. The van der Waals surface area contributed by atoms with Gasteiger partial charge in [0.05, 0.1) is 16.2 Å². The third-order valence-electron chi connectivity index (χ3n) is 4.37. The summed E-state index contributed by atoms with van der Waals surface area (Å²) < 4.78 is 0.148. The topological polar surface area (TPSA) is 69.7 Å².